The van der Waals surface area contributed by atoms with Gasteiger partial charge in [-0.3, -0.25) is 0 Å². The van der Waals surface area contributed by atoms with Crippen molar-refractivity contribution in [1.29, 1.82) is 0 Å². The van der Waals surface area contributed by atoms with Gasteiger partial charge < -0.3 is 10.5 Å². The van der Waals surface area contributed by atoms with E-state index in [0.717, 1.165) is 18.5 Å². The minimum Gasteiger partial charge on any atom is -0.381 e. The highest BCUT2D eigenvalue weighted by atomic mass is 32.2. The fourth-order valence-electron chi connectivity index (χ4n) is 1.66. The summed E-state index contributed by atoms with van der Waals surface area (Å²) in [5.74, 6) is 1.30. The zero-order valence-electron chi connectivity index (χ0n) is 9.21. The van der Waals surface area contributed by atoms with Gasteiger partial charge in [0.2, 0.25) is 0 Å². The Balaban J connectivity index is 1.87. The number of hydrogen-bond acceptors (Lipinski definition) is 3. The standard InChI is InChI=1S/C11H23NOS/c1-10(12)4-2-3-9-14-11-5-7-13-8-6-11/h10-11H,2-9,12H2,1H3. The van der Waals surface area contributed by atoms with Crippen molar-refractivity contribution in [2.75, 3.05) is 19.0 Å². The van der Waals surface area contributed by atoms with Crippen LogP contribution < -0.4 is 5.73 Å². The normalized spacial score (nSPS) is 21.0. The van der Waals surface area contributed by atoms with Crippen molar-refractivity contribution < 1.29 is 4.74 Å². The fraction of sp³-hybridized carbons (Fsp3) is 1.00. The highest BCUT2D eigenvalue weighted by Crippen LogP contribution is 2.23. The van der Waals surface area contributed by atoms with E-state index in [0.29, 0.717) is 6.04 Å². The second-order valence-corrected chi connectivity index (χ2v) is 5.56. The third-order valence-electron chi connectivity index (χ3n) is 2.58. The third-order valence-corrected chi connectivity index (χ3v) is 4.04. The van der Waals surface area contributed by atoms with Crippen LogP contribution >= 0.6 is 11.8 Å². The van der Waals surface area contributed by atoms with Crippen molar-refractivity contribution in [2.24, 2.45) is 5.73 Å². The van der Waals surface area contributed by atoms with Gasteiger partial charge in [-0.25, -0.2) is 0 Å². The van der Waals surface area contributed by atoms with E-state index in [9.17, 15) is 0 Å². The van der Waals surface area contributed by atoms with Crippen LogP contribution in [0.1, 0.15) is 39.0 Å². The van der Waals surface area contributed by atoms with Crippen LogP contribution in [0.2, 0.25) is 0 Å². The van der Waals surface area contributed by atoms with Crippen LogP contribution in [0.25, 0.3) is 0 Å². The lowest BCUT2D eigenvalue weighted by Crippen LogP contribution is -2.18. The smallest absolute Gasteiger partial charge is 0.0476 e. The number of ether oxygens (including phenoxy) is 1. The van der Waals surface area contributed by atoms with Crippen LogP contribution in [0, 0.1) is 0 Å². The van der Waals surface area contributed by atoms with Gasteiger partial charge in [0.1, 0.15) is 0 Å². The molecule has 1 atom stereocenters. The quantitative estimate of drug-likeness (QED) is 0.694. The van der Waals surface area contributed by atoms with Crippen LogP contribution in [0.3, 0.4) is 0 Å². The summed E-state index contributed by atoms with van der Waals surface area (Å²) in [6.45, 7) is 4.03. The van der Waals surface area contributed by atoms with Crippen molar-refractivity contribution in [3.05, 3.63) is 0 Å². The summed E-state index contributed by atoms with van der Waals surface area (Å²) in [4.78, 5) is 0. The molecule has 1 rings (SSSR count). The first-order chi connectivity index (χ1) is 6.79. The Morgan fingerprint density at radius 1 is 1.36 bits per heavy atom. The van der Waals surface area contributed by atoms with E-state index in [1.807, 2.05) is 0 Å². The molecule has 84 valence electrons. The summed E-state index contributed by atoms with van der Waals surface area (Å²) < 4.78 is 5.33. The zero-order valence-corrected chi connectivity index (χ0v) is 10.0. The van der Waals surface area contributed by atoms with Gasteiger partial charge in [0.15, 0.2) is 0 Å². The van der Waals surface area contributed by atoms with Gasteiger partial charge >= 0.3 is 0 Å². The Kier molecular flexibility index (Phi) is 6.65. The van der Waals surface area contributed by atoms with E-state index < -0.39 is 0 Å². The van der Waals surface area contributed by atoms with E-state index in [-0.39, 0.29) is 0 Å². The Bertz CT molecular complexity index is 135. The van der Waals surface area contributed by atoms with Crippen molar-refractivity contribution in [2.45, 2.75) is 50.3 Å². The molecule has 0 spiro atoms. The maximum atomic E-state index is 5.69. The molecule has 0 aromatic rings. The van der Waals surface area contributed by atoms with Gasteiger partial charge in [0, 0.05) is 24.5 Å². The minimum atomic E-state index is 0.378. The first-order valence-corrected chi connectivity index (χ1v) is 6.79. The predicted octanol–water partition coefficient (Wildman–Crippen LogP) is 2.42. The molecule has 0 bridgehead atoms. The molecule has 0 aliphatic carbocycles. The SMILES string of the molecule is CC(N)CCCCSC1CCOCC1. The molecule has 2 nitrogen and oxygen atoms in total. The van der Waals surface area contributed by atoms with E-state index in [1.54, 1.807) is 0 Å². The summed E-state index contributed by atoms with van der Waals surface area (Å²) >= 11 is 2.13. The topological polar surface area (TPSA) is 35.2 Å². The number of rotatable bonds is 6. The maximum Gasteiger partial charge on any atom is 0.0476 e. The Morgan fingerprint density at radius 2 is 2.07 bits per heavy atom. The lowest BCUT2D eigenvalue weighted by molar-refractivity contribution is 0.100. The summed E-state index contributed by atoms with van der Waals surface area (Å²) in [6.07, 6.45) is 6.28. The molecular weight excluding hydrogens is 194 g/mol. The van der Waals surface area contributed by atoms with Crippen LogP contribution in [0.5, 0.6) is 0 Å². The second-order valence-electron chi connectivity index (χ2n) is 4.16. The van der Waals surface area contributed by atoms with Crippen molar-refractivity contribution in [3.63, 3.8) is 0 Å². The van der Waals surface area contributed by atoms with Crippen molar-refractivity contribution in [3.8, 4) is 0 Å². The van der Waals surface area contributed by atoms with Gasteiger partial charge in [-0.15, -0.1) is 0 Å². The molecule has 14 heavy (non-hydrogen) atoms. The zero-order chi connectivity index (χ0) is 10.2. The first-order valence-electron chi connectivity index (χ1n) is 5.74. The Labute approximate surface area is 92.0 Å². The molecule has 1 aliphatic rings. The van der Waals surface area contributed by atoms with Gasteiger partial charge in [-0.2, -0.15) is 11.8 Å². The molecule has 1 unspecified atom stereocenters. The predicted molar refractivity (Wildman–Crippen MR) is 63.8 cm³/mol. The molecule has 1 fully saturated rings. The number of thioether (sulfide) groups is 1. The molecular formula is C11H23NOS. The monoisotopic (exact) mass is 217 g/mol. The maximum absolute atomic E-state index is 5.69. The molecule has 1 aliphatic heterocycles. The third kappa shape index (κ3) is 5.89. The fourth-order valence-corrected chi connectivity index (χ4v) is 2.89. The molecule has 3 heteroatoms. The molecule has 2 N–H and O–H groups in total. The molecule has 0 radical (unpaired) electrons. The van der Waals surface area contributed by atoms with Crippen LogP contribution in [-0.2, 0) is 4.74 Å². The largest absolute Gasteiger partial charge is 0.381 e. The van der Waals surface area contributed by atoms with Crippen LogP contribution in [0.15, 0.2) is 0 Å². The van der Waals surface area contributed by atoms with E-state index in [1.165, 1.54) is 37.9 Å². The van der Waals surface area contributed by atoms with E-state index >= 15 is 0 Å². The van der Waals surface area contributed by atoms with Crippen molar-refractivity contribution >= 4 is 11.8 Å². The molecule has 1 heterocycles. The second kappa shape index (κ2) is 7.55. The molecule has 0 saturated carbocycles. The highest BCUT2D eigenvalue weighted by molar-refractivity contribution is 7.99. The highest BCUT2D eigenvalue weighted by Gasteiger charge is 2.13. The van der Waals surface area contributed by atoms with Crippen LogP contribution in [0.4, 0.5) is 0 Å². The Morgan fingerprint density at radius 3 is 2.71 bits per heavy atom. The minimum absolute atomic E-state index is 0.378. The summed E-state index contributed by atoms with van der Waals surface area (Å²) in [5, 5.41) is 0.860. The molecule has 0 amide bonds. The van der Waals surface area contributed by atoms with Gasteiger partial charge in [-0.1, -0.05) is 6.42 Å². The van der Waals surface area contributed by atoms with Crippen LogP contribution in [-0.4, -0.2) is 30.3 Å². The number of unbranched alkanes of at least 4 members (excludes halogenated alkanes) is 1. The molecule has 1 saturated heterocycles. The molecule has 0 aromatic carbocycles. The average Bonchev–Trinajstić information content (AvgIpc) is 2.18. The summed E-state index contributed by atoms with van der Waals surface area (Å²) in [5.41, 5.74) is 5.69. The first kappa shape index (κ1) is 12.3. The van der Waals surface area contributed by atoms with Gasteiger partial charge in [-0.05, 0) is 38.4 Å². The Hall–Kier alpha value is 0.270. The average molecular weight is 217 g/mol. The lowest BCUT2D eigenvalue weighted by atomic mass is 10.2. The molecule has 0 aromatic heterocycles. The van der Waals surface area contributed by atoms with Crippen molar-refractivity contribution in [1.82, 2.24) is 0 Å². The van der Waals surface area contributed by atoms with Gasteiger partial charge in [0.25, 0.3) is 0 Å². The lowest BCUT2D eigenvalue weighted by Gasteiger charge is -2.21. The summed E-state index contributed by atoms with van der Waals surface area (Å²) in [6, 6.07) is 0.378. The van der Waals surface area contributed by atoms with Gasteiger partial charge in [0.05, 0.1) is 0 Å². The number of hydrogen-bond donors (Lipinski definition) is 1. The van der Waals surface area contributed by atoms with E-state index in [2.05, 4.69) is 18.7 Å². The number of nitrogens with two attached hydrogens (primary N) is 1. The van der Waals surface area contributed by atoms with E-state index in [4.69, 9.17) is 10.5 Å². The summed E-state index contributed by atoms with van der Waals surface area (Å²) in [7, 11) is 0.